The molecule has 0 saturated heterocycles. The standard InChI is InChI=1S/C13H19NO4/c14-5-6-16-7-8-17-9-10-18-13-3-1-12(11-15)2-4-13/h1-4,11H,5-10,14H2. The van der Waals surface area contributed by atoms with Crippen molar-refractivity contribution < 1.29 is 19.0 Å². The van der Waals surface area contributed by atoms with Crippen LogP contribution in [0.1, 0.15) is 10.4 Å². The Hall–Kier alpha value is -1.43. The molecular formula is C13H19NO4. The van der Waals surface area contributed by atoms with Crippen LogP contribution in [0.3, 0.4) is 0 Å². The summed E-state index contributed by atoms with van der Waals surface area (Å²) >= 11 is 0. The third kappa shape index (κ3) is 6.34. The molecule has 1 aromatic rings. The van der Waals surface area contributed by atoms with Gasteiger partial charge in [-0.25, -0.2) is 0 Å². The lowest BCUT2D eigenvalue weighted by Crippen LogP contribution is -2.14. The van der Waals surface area contributed by atoms with E-state index in [1.165, 1.54) is 0 Å². The lowest BCUT2D eigenvalue weighted by Gasteiger charge is -2.07. The van der Waals surface area contributed by atoms with Gasteiger partial charge in [0.25, 0.3) is 0 Å². The fourth-order valence-corrected chi connectivity index (χ4v) is 1.27. The van der Waals surface area contributed by atoms with Crippen molar-refractivity contribution in [3.63, 3.8) is 0 Å². The second-order valence-electron chi connectivity index (χ2n) is 3.55. The highest BCUT2D eigenvalue weighted by Gasteiger charge is 1.95. The van der Waals surface area contributed by atoms with E-state index in [9.17, 15) is 4.79 Å². The average molecular weight is 253 g/mol. The molecule has 0 fully saturated rings. The van der Waals surface area contributed by atoms with Crippen LogP contribution in [0.25, 0.3) is 0 Å². The Morgan fingerprint density at radius 3 is 2.17 bits per heavy atom. The quantitative estimate of drug-likeness (QED) is 0.495. The van der Waals surface area contributed by atoms with Crippen LogP contribution in [0.2, 0.25) is 0 Å². The SMILES string of the molecule is NCCOCCOCCOc1ccc(C=O)cc1. The zero-order chi connectivity index (χ0) is 13.1. The molecule has 0 bridgehead atoms. The third-order valence-corrected chi connectivity index (χ3v) is 2.15. The van der Waals surface area contributed by atoms with Crippen LogP contribution in [0.4, 0.5) is 0 Å². The van der Waals surface area contributed by atoms with Crippen molar-refractivity contribution >= 4 is 6.29 Å². The van der Waals surface area contributed by atoms with Crippen LogP contribution in [0.15, 0.2) is 24.3 Å². The molecule has 0 heterocycles. The van der Waals surface area contributed by atoms with Crippen molar-refractivity contribution in [2.24, 2.45) is 5.73 Å². The van der Waals surface area contributed by atoms with E-state index >= 15 is 0 Å². The Morgan fingerprint density at radius 1 is 0.944 bits per heavy atom. The van der Waals surface area contributed by atoms with E-state index in [4.69, 9.17) is 19.9 Å². The molecule has 0 amide bonds. The molecule has 1 rings (SSSR count). The van der Waals surface area contributed by atoms with Crippen molar-refractivity contribution in [2.75, 3.05) is 39.6 Å². The van der Waals surface area contributed by atoms with Gasteiger partial charge in [0.2, 0.25) is 0 Å². The molecule has 2 N–H and O–H groups in total. The van der Waals surface area contributed by atoms with Gasteiger partial charge in [-0.15, -0.1) is 0 Å². The molecular weight excluding hydrogens is 234 g/mol. The number of aldehydes is 1. The second kappa shape index (κ2) is 9.58. The van der Waals surface area contributed by atoms with Gasteiger partial charge in [0.05, 0.1) is 26.4 Å². The van der Waals surface area contributed by atoms with E-state index in [0.717, 1.165) is 12.0 Å². The minimum atomic E-state index is 0.470. The highest BCUT2D eigenvalue weighted by Crippen LogP contribution is 2.10. The molecule has 5 heteroatoms. The monoisotopic (exact) mass is 253 g/mol. The van der Waals surface area contributed by atoms with Crippen molar-refractivity contribution in [3.8, 4) is 5.75 Å². The van der Waals surface area contributed by atoms with Gasteiger partial charge in [-0.2, -0.15) is 0 Å². The maximum atomic E-state index is 10.4. The first-order valence-corrected chi connectivity index (χ1v) is 5.90. The third-order valence-electron chi connectivity index (χ3n) is 2.15. The molecule has 0 unspecified atom stereocenters. The summed E-state index contributed by atoms with van der Waals surface area (Å²) in [6.45, 7) is 3.14. The van der Waals surface area contributed by atoms with Crippen molar-refractivity contribution in [1.82, 2.24) is 0 Å². The Labute approximate surface area is 107 Å². The molecule has 0 aliphatic heterocycles. The fraction of sp³-hybridized carbons (Fsp3) is 0.462. The Balaban J connectivity index is 2.01. The summed E-state index contributed by atoms with van der Waals surface area (Å²) in [6, 6.07) is 6.94. The van der Waals surface area contributed by atoms with Gasteiger partial charge in [-0.3, -0.25) is 4.79 Å². The van der Waals surface area contributed by atoms with E-state index < -0.39 is 0 Å². The second-order valence-corrected chi connectivity index (χ2v) is 3.55. The molecule has 0 atom stereocenters. The summed E-state index contributed by atoms with van der Waals surface area (Å²) in [5, 5.41) is 0. The first-order chi connectivity index (χ1) is 8.86. The van der Waals surface area contributed by atoms with Crippen LogP contribution in [0, 0.1) is 0 Å². The fourth-order valence-electron chi connectivity index (χ4n) is 1.27. The number of hydrogen-bond donors (Lipinski definition) is 1. The Bertz CT molecular complexity index is 326. The largest absolute Gasteiger partial charge is 0.491 e. The first-order valence-electron chi connectivity index (χ1n) is 5.90. The van der Waals surface area contributed by atoms with Crippen molar-refractivity contribution in [1.29, 1.82) is 0 Å². The lowest BCUT2D eigenvalue weighted by atomic mass is 10.2. The molecule has 0 spiro atoms. The summed E-state index contributed by atoms with van der Waals surface area (Å²) in [5.74, 6) is 0.726. The number of hydrogen-bond acceptors (Lipinski definition) is 5. The highest BCUT2D eigenvalue weighted by atomic mass is 16.5. The summed E-state index contributed by atoms with van der Waals surface area (Å²) in [5.41, 5.74) is 5.90. The van der Waals surface area contributed by atoms with Gasteiger partial charge in [0.1, 0.15) is 18.6 Å². The molecule has 100 valence electrons. The molecule has 0 aliphatic rings. The lowest BCUT2D eigenvalue weighted by molar-refractivity contribution is 0.0388. The van der Waals surface area contributed by atoms with Gasteiger partial charge >= 0.3 is 0 Å². The van der Waals surface area contributed by atoms with Crippen LogP contribution in [-0.4, -0.2) is 45.9 Å². The predicted octanol–water partition coefficient (Wildman–Crippen LogP) is 0.870. The van der Waals surface area contributed by atoms with Crippen LogP contribution < -0.4 is 10.5 Å². The minimum absolute atomic E-state index is 0.470. The van der Waals surface area contributed by atoms with Crippen LogP contribution in [0.5, 0.6) is 5.75 Å². The molecule has 0 radical (unpaired) electrons. The van der Waals surface area contributed by atoms with Crippen LogP contribution >= 0.6 is 0 Å². The number of nitrogens with two attached hydrogens (primary N) is 1. The minimum Gasteiger partial charge on any atom is -0.491 e. The van der Waals surface area contributed by atoms with Gasteiger partial charge in [0, 0.05) is 12.1 Å². The number of rotatable bonds is 10. The van der Waals surface area contributed by atoms with Gasteiger partial charge in [0.15, 0.2) is 0 Å². The molecule has 5 nitrogen and oxygen atoms in total. The van der Waals surface area contributed by atoms with E-state index in [1.54, 1.807) is 24.3 Å². The van der Waals surface area contributed by atoms with E-state index in [2.05, 4.69) is 0 Å². The normalized spacial score (nSPS) is 10.3. The summed E-state index contributed by atoms with van der Waals surface area (Å²) in [4.78, 5) is 10.4. The molecule has 0 aliphatic carbocycles. The van der Waals surface area contributed by atoms with Crippen molar-refractivity contribution in [3.05, 3.63) is 29.8 Å². The topological polar surface area (TPSA) is 70.8 Å². The first kappa shape index (κ1) is 14.6. The Kier molecular flexibility index (Phi) is 7.79. The zero-order valence-corrected chi connectivity index (χ0v) is 10.3. The molecule has 0 saturated carbocycles. The number of benzene rings is 1. The molecule has 18 heavy (non-hydrogen) atoms. The summed E-state index contributed by atoms with van der Waals surface area (Å²) < 4.78 is 15.9. The smallest absolute Gasteiger partial charge is 0.150 e. The summed E-state index contributed by atoms with van der Waals surface area (Å²) in [6.07, 6.45) is 0.800. The van der Waals surface area contributed by atoms with E-state index in [1.807, 2.05) is 0 Å². The van der Waals surface area contributed by atoms with Crippen molar-refractivity contribution in [2.45, 2.75) is 0 Å². The van der Waals surface area contributed by atoms with E-state index in [-0.39, 0.29) is 0 Å². The van der Waals surface area contributed by atoms with E-state index in [0.29, 0.717) is 45.1 Å². The number of carbonyl (C=O) groups is 1. The Morgan fingerprint density at radius 2 is 1.56 bits per heavy atom. The van der Waals surface area contributed by atoms with Crippen LogP contribution in [-0.2, 0) is 9.47 Å². The molecule has 0 aromatic heterocycles. The van der Waals surface area contributed by atoms with Gasteiger partial charge < -0.3 is 19.9 Å². The maximum Gasteiger partial charge on any atom is 0.150 e. The number of ether oxygens (including phenoxy) is 3. The van der Waals surface area contributed by atoms with Gasteiger partial charge in [-0.1, -0.05) is 0 Å². The van der Waals surface area contributed by atoms with Gasteiger partial charge in [-0.05, 0) is 24.3 Å². The zero-order valence-electron chi connectivity index (χ0n) is 10.3. The maximum absolute atomic E-state index is 10.4. The average Bonchev–Trinajstić information content (AvgIpc) is 2.42. The highest BCUT2D eigenvalue weighted by molar-refractivity contribution is 5.74. The molecule has 1 aromatic carbocycles. The predicted molar refractivity (Wildman–Crippen MR) is 68.0 cm³/mol. The summed E-state index contributed by atoms with van der Waals surface area (Å²) in [7, 11) is 0. The number of carbonyl (C=O) groups excluding carboxylic acids is 1.